The summed E-state index contributed by atoms with van der Waals surface area (Å²) in [5.74, 6) is 1.98. The van der Waals surface area contributed by atoms with Gasteiger partial charge in [-0.15, -0.1) is 11.3 Å². The van der Waals surface area contributed by atoms with E-state index in [0.29, 0.717) is 17.5 Å². The number of nitrogens with zero attached hydrogens (tertiary/aromatic N) is 3. The minimum atomic E-state index is 0.658. The standard InChI is InChI=1S/C45H27N3OS/c1-4-12-28(13-5-1)36-25-33(26-39-42(36)35-18-10-11-19-38(35)49-39)31-21-23-40-37(24-31)34-22-20-32(27-41(34)50-40)45-47-43(29-14-6-2-7-15-29)46-44(48-45)30-16-8-3-9-17-30/h1-27H. The van der Waals surface area contributed by atoms with Crippen molar-refractivity contribution < 1.29 is 4.42 Å². The van der Waals surface area contributed by atoms with Gasteiger partial charge in [0.25, 0.3) is 0 Å². The van der Waals surface area contributed by atoms with E-state index in [1.807, 2.05) is 72.8 Å². The number of aromatic nitrogens is 3. The lowest BCUT2D eigenvalue weighted by atomic mass is 9.94. The zero-order valence-electron chi connectivity index (χ0n) is 26.7. The summed E-state index contributed by atoms with van der Waals surface area (Å²) in [4.78, 5) is 14.8. The van der Waals surface area contributed by atoms with Crippen molar-refractivity contribution in [2.75, 3.05) is 0 Å². The molecule has 0 aliphatic carbocycles. The van der Waals surface area contributed by atoms with Gasteiger partial charge in [-0.2, -0.15) is 0 Å². The van der Waals surface area contributed by atoms with Gasteiger partial charge in [0.1, 0.15) is 11.2 Å². The molecule has 0 aliphatic heterocycles. The van der Waals surface area contributed by atoms with E-state index >= 15 is 0 Å². The van der Waals surface area contributed by atoms with Crippen molar-refractivity contribution in [3.63, 3.8) is 0 Å². The summed E-state index contributed by atoms with van der Waals surface area (Å²) in [7, 11) is 0. The molecule has 10 aromatic rings. The smallest absolute Gasteiger partial charge is 0.164 e. The van der Waals surface area contributed by atoms with Crippen LogP contribution in [0.5, 0.6) is 0 Å². The number of rotatable bonds is 5. The van der Waals surface area contributed by atoms with E-state index in [9.17, 15) is 0 Å². The third-order valence-corrected chi connectivity index (χ3v) is 10.5. The monoisotopic (exact) mass is 657 g/mol. The highest BCUT2D eigenvalue weighted by Gasteiger charge is 2.17. The second kappa shape index (κ2) is 11.6. The summed E-state index contributed by atoms with van der Waals surface area (Å²) >= 11 is 1.79. The molecular formula is C45H27N3OS. The average Bonchev–Trinajstić information content (AvgIpc) is 3.76. The summed E-state index contributed by atoms with van der Waals surface area (Å²) in [6, 6.07) is 56.9. The lowest BCUT2D eigenvalue weighted by Crippen LogP contribution is -1.99. The molecule has 3 heterocycles. The topological polar surface area (TPSA) is 51.8 Å². The zero-order chi connectivity index (χ0) is 33.0. The van der Waals surface area contributed by atoms with E-state index in [1.54, 1.807) is 11.3 Å². The van der Waals surface area contributed by atoms with Crippen LogP contribution in [0.4, 0.5) is 0 Å². The Bertz CT molecular complexity index is 2800. The molecule has 0 fully saturated rings. The Labute approximate surface area is 292 Å². The molecule has 10 rings (SSSR count). The van der Waals surface area contributed by atoms with Crippen LogP contribution >= 0.6 is 11.3 Å². The third kappa shape index (κ3) is 4.87. The quantitative estimate of drug-likeness (QED) is 0.185. The summed E-state index contributed by atoms with van der Waals surface area (Å²) in [5, 5.41) is 4.72. The number of thiophene rings is 1. The van der Waals surface area contributed by atoms with Gasteiger partial charge in [-0.25, -0.2) is 15.0 Å². The first kappa shape index (κ1) is 28.6. The highest BCUT2D eigenvalue weighted by atomic mass is 32.1. The normalized spacial score (nSPS) is 11.6. The second-order valence-electron chi connectivity index (χ2n) is 12.4. The molecule has 7 aromatic carbocycles. The van der Waals surface area contributed by atoms with Crippen molar-refractivity contribution >= 4 is 53.4 Å². The van der Waals surface area contributed by atoms with Gasteiger partial charge < -0.3 is 4.42 Å². The molecule has 234 valence electrons. The lowest BCUT2D eigenvalue weighted by molar-refractivity contribution is 0.669. The summed E-state index contributed by atoms with van der Waals surface area (Å²) in [5.41, 5.74) is 9.29. The predicted octanol–water partition coefficient (Wildman–Crippen LogP) is 12.5. The fourth-order valence-corrected chi connectivity index (χ4v) is 8.03. The maximum atomic E-state index is 6.43. The molecule has 0 amide bonds. The summed E-state index contributed by atoms with van der Waals surface area (Å²) in [6.45, 7) is 0. The molecule has 0 radical (unpaired) electrons. The lowest BCUT2D eigenvalue weighted by Gasteiger charge is -2.09. The molecule has 0 saturated heterocycles. The molecule has 5 heteroatoms. The number of furan rings is 1. The Balaban J connectivity index is 1.10. The van der Waals surface area contributed by atoms with Crippen LogP contribution in [-0.4, -0.2) is 15.0 Å². The van der Waals surface area contributed by atoms with Gasteiger partial charge in [0, 0.05) is 47.6 Å². The van der Waals surface area contributed by atoms with Crippen molar-refractivity contribution in [1.82, 2.24) is 15.0 Å². The first-order valence-electron chi connectivity index (χ1n) is 16.6. The number of hydrogen-bond acceptors (Lipinski definition) is 5. The minimum absolute atomic E-state index is 0.658. The molecule has 3 aromatic heterocycles. The second-order valence-corrected chi connectivity index (χ2v) is 13.5. The first-order chi connectivity index (χ1) is 24.7. The molecule has 0 saturated carbocycles. The zero-order valence-corrected chi connectivity index (χ0v) is 27.6. The maximum absolute atomic E-state index is 6.43. The van der Waals surface area contributed by atoms with Gasteiger partial charge >= 0.3 is 0 Å². The van der Waals surface area contributed by atoms with Gasteiger partial charge in [0.2, 0.25) is 0 Å². The Hall–Kier alpha value is -6.43. The number of fused-ring (bicyclic) bond motifs is 6. The molecule has 4 nitrogen and oxygen atoms in total. The van der Waals surface area contributed by atoms with Gasteiger partial charge in [0.15, 0.2) is 17.5 Å². The third-order valence-electron chi connectivity index (χ3n) is 9.33. The Kier molecular flexibility index (Phi) is 6.64. The molecule has 0 spiro atoms. The van der Waals surface area contributed by atoms with E-state index in [4.69, 9.17) is 19.4 Å². The molecule has 0 atom stereocenters. The van der Waals surface area contributed by atoms with Crippen LogP contribution < -0.4 is 0 Å². The van der Waals surface area contributed by atoms with Crippen LogP contribution in [0.2, 0.25) is 0 Å². The van der Waals surface area contributed by atoms with Crippen molar-refractivity contribution in [1.29, 1.82) is 0 Å². The van der Waals surface area contributed by atoms with E-state index in [2.05, 4.69) is 91.0 Å². The summed E-state index contributed by atoms with van der Waals surface area (Å²) < 4.78 is 8.86. The van der Waals surface area contributed by atoms with Crippen molar-refractivity contribution in [3.05, 3.63) is 164 Å². The van der Waals surface area contributed by atoms with Gasteiger partial charge in [-0.1, -0.05) is 127 Å². The fraction of sp³-hybridized carbons (Fsp3) is 0. The molecule has 0 bridgehead atoms. The fourth-order valence-electron chi connectivity index (χ4n) is 6.90. The maximum Gasteiger partial charge on any atom is 0.164 e. The van der Waals surface area contributed by atoms with Crippen LogP contribution in [0.15, 0.2) is 168 Å². The summed E-state index contributed by atoms with van der Waals surface area (Å²) in [6.07, 6.45) is 0. The van der Waals surface area contributed by atoms with Crippen molar-refractivity contribution in [2.24, 2.45) is 0 Å². The van der Waals surface area contributed by atoms with Crippen LogP contribution in [0.3, 0.4) is 0 Å². The Morgan fingerprint density at radius 2 is 0.960 bits per heavy atom. The van der Waals surface area contributed by atoms with E-state index < -0.39 is 0 Å². The Morgan fingerprint density at radius 3 is 1.66 bits per heavy atom. The molecule has 0 N–H and O–H groups in total. The van der Waals surface area contributed by atoms with Crippen molar-refractivity contribution in [2.45, 2.75) is 0 Å². The molecule has 50 heavy (non-hydrogen) atoms. The van der Waals surface area contributed by atoms with E-state index in [0.717, 1.165) is 49.8 Å². The minimum Gasteiger partial charge on any atom is -0.456 e. The first-order valence-corrected chi connectivity index (χ1v) is 17.4. The van der Waals surface area contributed by atoms with E-state index in [1.165, 1.54) is 31.3 Å². The average molecular weight is 658 g/mol. The number of benzene rings is 7. The number of para-hydroxylation sites is 1. The van der Waals surface area contributed by atoms with E-state index in [-0.39, 0.29) is 0 Å². The molecule has 0 unspecified atom stereocenters. The van der Waals surface area contributed by atoms with Crippen LogP contribution in [0, 0.1) is 0 Å². The predicted molar refractivity (Wildman–Crippen MR) is 207 cm³/mol. The highest BCUT2D eigenvalue weighted by molar-refractivity contribution is 7.25. The Morgan fingerprint density at radius 1 is 0.360 bits per heavy atom. The molecule has 0 aliphatic rings. The van der Waals surface area contributed by atoms with Crippen LogP contribution in [0.1, 0.15) is 0 Å². The van der Waals surface area contributed by atoms with Gasteiger partial charge in [-0.3, -0.25) is 0 Å². The number of hydrogen-bond donors (Lipinski definition) is 0. The largest absolute Gasteiger partial charge is 0.456 e. The van der Waals surface area contributed by atoms with Crippen molar-refractivity contribution in [3.8, 4) is 56.4 Å². The molecular weight excluding hydrogens is 631 g/mol. The van der Waals surface area contributed by atoms with Gasteiger partial charge in [-0.05, 0) is 58.7 Å². The SMILES string of the molecule is c1ccc(-c2nc(-c3ccccc3)nc(-c3ccc4c(c3)sc3ccc(-c5cc(-c6ccccc6)c6c(c5)oc5ccccc56)cc34)n2)cc1. The highest BCUT2D eigenvalue weighted by Crippen LogP contribution is 2.42. The van der Waals surface area contributed by atoms with Gasteiger partial charge in [0.05, 0.1) is 0 Å². The van der Waals surface area contributed by atoms with Crippen LogP contribution in [0.25, 0.3) is 98.5 Å². The van der Waals surface area contributed by atoms with Crippen LogP contribution in [-0.2, 0) is 0 Å².